The maximum absolute atomic E-state index is 5.92. The lowest BCUT2D eigenvalue weighted by Gasteiger charge is -2.16. The largest absolute Gasteiger partial charge is 0.384 e. The number of anilines is 1. The van der Waals surface area contributed by atoms with Gasteiger partial charge in [-0.3, -0.25) is 0 Å². The lowest BCUT2D eigenvalue weighted by atomic mass is 10.2. The Morgan fingerprint density at radius 3 is 2.83 bits per heavy atom. The molecular weight excluding hydrogens is 152 g/mol. The first kappa shape index (κ1) is 7.61. The number of rotatable bonds is 1. The van der Waals surface area contributed by atoms with Gasteiger partial charge in [0.1, 0.15) is 5.82 Å². The smallest absolute Gasteiger partial charge is 0.122 e. The molecule has 2 atom stereocenters. The van der Waals surface area contributed by atoms with Gasteiger partial charge >= 0.3 is 0 Å². The Labute approximate surface area is 71.5 Å². The van der Waals surface area contributed by atoms with Crippen LogP contribution in [0, 0.1) is 0 Å². The highest BCUT2D eigenvalue weighted by Gasteiger charge is 2.26. The van der Waals surface area contributed by atoms with Gasteiger partial charge in [-0.25, -0.2) is 4.68 Å². The first-order chi connectivity index (χ1) is 5.79. The van der Waals surface area contributed by atoms with Crippen LogP contribution in [0.1, 0.15) is 25.3 Å². The van der Waals surface area contributed by atoms with E-state index < -0.39 is 0 Å². The average Bonchev–Trinajstić information content (AvgIpc) is 2.59. The van der Waals surface area contributed by atoms with Gasteiger partial charge in [-0.15, -0.1) is 0 Å². The van der Waals surface area contributed by atoms with E-state index in [1.165, 1.54) is 6.42 Å². The Bertz CT molecular complexity index is 268. The highest BCUT2D eigenvalue weighted by molar-refractivity contribution is 5.27. The van der Waals surface area contributed by atoms with Crippen LogP contribution in [0.2, 0.25) is 0 Å². The van der Waals surface area contributed by atoms with Crippen molar-refractivity contribution in [3.63, 3.8) is 0 Å². The molecule has 0 spiro atoms. The minimum atomic E-state index is 0.229. The molecule has 66 valence electrons. The predicted molar refractivity (Wildman–Crippen MR) is 47.5 cm³/mol. The van der Waals surface area contributed by atoms with Crippen LogP contribution >= 0.6 is 0 Å². The van der Waals surface area contributed by atoms with E-state index in [0.29, 0.717) is 6.04 Å². The van der Waals surface area contributed by atoms with E-state index in [9.17, 15) is 0 Å². The van der Waals surface area contributed by atoms with Gasteiger partial charge < -0.3 is 11.5 Å². The minimum Gasteiger partial charge on any atom is -0.384 e. The Balaban J connectivity index is 2.24. The lowest BCUT2D eigenvalue weighted by Crippen LogP contribution is -2.28. The Hall–Kier alpha value is -1.03. The molecule has 0 bridgehead atoms. The molecular formula is C8H14N4. The summed E-state index contributed by atoms with van der Waals surface area (Å²) < 4.78 is 1.84. The van der Waals surface area contributed by atoms with Crippen molar-refractivity contribution < 1.29 is 0 Å². The van der Waals surface area contributed by atoms with Crippen LogP contribution in [0.3, 0.4) is 0 Å². The molecule has 0 amide bonds. The standard InChI is InChI=1S/C8H14N4/c9-6-2-1-3-7(6)12-8(10)4-5-11-12/h4-7H,1-3,9-10H2. The monoisotopic (exact) mass is 166 g/mol. The van der Waals surface area contributed by atoms with Crippen molar-refractivity contribution in [3.05, 3.63) is 12.3 Å². The molecule has 1 aromatic heterocycles. The second kappa shape index (κ2) is 2.79. The number of nitrogen functional groups attached to an aromatic ring is 1. The molecule has 2 rings (SSSR count). The van der Waals surface area contributed by atoms with E-state index in [2.05, 4.69) is 5.10 Å². The molecule has 1 fully saturated rings. The number of nitrogens with two attached hydrogens (primary N) is 2. The van der Waals surface area contributed by atoms with E-state index in [4.69, 9.17) is 11.5 Å². The second-order valence-corrected chi connectivity index (χ2v) is 3.36. The van der Waals surface area contributed by atoms with Gasteiger partial charge in [0, 0.05) is 6.04 Å². The van der Waals surface area contributed by atoms with Gasteiger partial charge in [-0.1, -0.05) is 0 Å². The van der Waals surface area contributed by atoms with E-state index in [-0.39, 0.29) is 6.04 Å². The van der Waals surface area contributed by atoms with Gasteiger partial charge in [0.05, 0.1) is 12.2 Å². The van der Waals surface area contributed by atoms with Crippen LogP contribution in [0.5, 0.6) is 0 Å². The Kier molecular flexibility index (Phi) is 1.77. The van der Waals surface area contributed by atoms with Crippen molar-refractivity contribution in [3.8, 4) is 0 Å². The topological polar surface area (TPSA) is 69.9 Å². The third kappa shape index (κ3) is 1.08. The summed E-state index contributed by atoms with van der Waals surface area (Å²) in [5.41, 5.74) is 11.7. The zero-order valence-corrected chi connectivity index (χ0v) is 6.98. The third-order valence-electron chi connectivity index (χ3n) is 2.55. The molecule has 0 saturated heterocycles. The zero-order chi connectivity index (χ0) is 8.55. The van der Waals surface area contributed by atoms with E-state index in [1.807, 2.05) is 10.7 Å². The first-order valence-corrected chi connectivity index (χ1v) is 4.33. The molecule has 12 heavy (non-hydrogen) atoms. The highest BCUT2D eigenvalue weighted by atomic mass is 15.3. The van der Waals surface area contributed by atoms with Crippen molar-refractivity contribution in [2.45, 2.75) is 31.3 Å². The molecule has 1 aliphatic carbocycles. The summed E-state index contributed by atoms with van der Waals surface area (Å²) >= 11 is 0. The van der Waals surface area contributed by atoms with Crippen molar-refractivity contribution >= 4 is 5.82 Å². The van der Waals surface area contributed by atoms with Gasteiger partial charge in [0.2, 0.25) is 0 Å². The number of hydrogen-bond acceptors (Lipinski definition) is 3. The van der Waals surface area contributed by atoms with Crippen molar-refractivity contribution in [2.24, 2.45) is 5.73 Å². The SMILES string of the molecule is Nc1ccnn1C1CCCC1N. The summed E-state index contributed by atoms with van der Waals surface area (Å²) in [6, 6.07) is 2.36. The third-order valence-corrected chi connectivity index (χ3v) is 2.55. The van der Waals surface area contributed by atoms with E-state index >= 15 is 0 Å². The van der Waals surface area contributed by atoms with Crippen LogP contribution in [-0.2, 0) is 0 Å². The molecule has 4 nitrogen and oxygen atoms in total. The van der Waals surface area contributed by atoms with Crippen LogP contribution in [0.4, 0.5) is 5.82 Å². The van der Waals surface area contributed by atoms with Gasteiger partial charge in [0.25, 0.3) is 0 Å². The van der Waals surface area contributed by atoms with Gasteiger partial charge in [-0.2, -0.15) is 5.10 Å². The normalized spacial score (nSPS) is 29.4. The van der Waals surface area contributed by atoms with E-state index in [1.54, 1.807) is 6.20 Å². The molecule has 0 aliphatic heterocycles. The highest BCUT2D eigenvalue weighted by Crippen LogP contribution is 2.29. The summed E-state index contributed by atoms with van der Waals surface area (Å²) in [5.74, 6) is 0.720. The predicted octanol–water partition coefficient (Wildman–Crippen LogP) is 0.518. The molecule has 2 unspecified atom stereocenters. The summed E-state index contributed by atoms with van der Waals surface area (Å²) in [6.07, 6.45) is 5.10. The van der Waals surface area contributed by atoms with Crippen molar-refractivity contribution in [1.29, 1.82) is 0 Å². The minimum absolute atomic E-state index is 0.229. The van der Waals surface area contributed by atoms with E-state index in [0.717, 1.165) is 18.7 Å². The fraction of sp³-hybridized carbons (Fsp3) is 0.625. The molecule has 0 radical (unpaired) electrons. The van der Waals surface area contributed by atoms with Crippen molar-refractivity contribution in [2.75, 3.05) is 5.73 Å². The maximum Gasteiger partial charge on any atom is 0.122 e. The summed E-state index contributed by atoms with van der Waals surface area (Å²) in [4.78, 5) is 0. The van der Waals surface area contributed by atoms with Crippen LogP contribution in [0.25, 0.3) is 0 Å². The maximum atomic E-state index is 5.92. The van der Waals surface area contributed by atoms with Crippen LogP contribution in [-0.4, -0.2) is 15.8 Å². The second-order valence-electron chi connectivity index (χ2n) is 3.36. The molecule has 1 heterocycles. The van der Waals surface area contributed by atoms with Gasteiger partial charge in [-0.05, 0) is 25.3 Å². The Morgan fingerprint density at radius 2 is 2.33 bits per heavy atom. The number of nitrogens with zero attached hydrogens (tertiary/aromatic N) is 2. The summed E-state index contributed by atoms with van der Waals surface area (Å²) in [5, 5.41) is 4.16. The quantitative estimate of drug-likeness (QED) is 0.639. The molecule has 0 aromatic carbocycles. The number of hydrogen-bond donors (Lipinski definition) is 2. The van der Waals surface area contributed by atoms with Crippen molar-refractivity contribution in [1.82, 2.24) is 9.78 Å². The van der Waals surface area contributed by atoms with Crippen LogP contribution in [0.15, 0.2) is 12.3 Å². The molecule has 1 saturated carbocycles. The molecule has 1 aromatic rings. The fourth-order valence-corrected chi connectivity index (χ4v) is 1.87. The lowest BCUT2D eigenvalue weighted by molar-refractivity contribution is 0.427. The first-order valence-electron chi connectivity index (χ1n) is 4.33. The molecule has 4 heteroatoms. The average molecular weight is 166 g/mol. The van der Waals surface area contributed by atoms with Gasteiger partial charge in [0.15, 0.2) is 0 Å². The summed E-state index contributed by atoms with van der Waals surface area (Å²) in [6.45, 7) is 0. The molecule has 1 aliphatic rings. The number of aromatic nitrogens is 2. The Morgan fingerprint density at radius 1 is 1.50 bits per heavy atom. The summed E-state index contributed by atoms with van der Waals surface area (Å²) in [7, 11) is 0. The zero-order valence-electron chi connectivity index (χ0n) is 6.98. The van der Waals surface area contributed by atoms with Crippen LogP contribution < -0.4 is 11.5 Å². The fourth-order valence-electron chi connectivity index (χ4n) is 1.87. The molecule has 4 N–H and O–H groups in total.